The minimum Gasteiger partial charge on any atom is -0.345 e. The monoisotopic (exact) mass is 462 g/mol. The Labute approximate surface area is 174 Å². The second-order valence-electron chi connectivity index (χ2n) is 7.15. The van der Waals surface area contributed by atoms with Crippen LogP contribution in [0.2, 0.25) is 0 Å². The van der Waals surface area contributed by atoms with Crippen molar-refractivity contribution in [2.75, 3.05) is 18.0 Å². The average Bonchev–Trinajstić information content (AvgIpc) is 3.26. The van der Waals surface area contributed by atoms with Gasteiger partial charge in [0.1, 0.15) is 24.1 Å². The summed E-state index contributed by atoms with van der Waals surface area (Å²) in [6, 6.07) is -0.690. The van der Waals surface area contributed by atoms with Crippen molar-refractivity contribution in [1.29, 1.82) is 0 Å². The quantitative estimate of drug-likeness (QED) is 0.582. The molecule has 7 nitrogen and oxygen atoms in total. The Morgan fingerprint density at radius 2 is 2.00 bits per heavy atom. The molecular formula is C18H13F7N6O. The number of carbonyl (C=O) groups excluding carboxylic acids is 1. The summed E-state index contributed by atoms with van der Waals surface area (Å²) in [6.45, 7) is -2.87. The average molecular weight is 462 g/mol. The lowest BCUT2D eigenvalue weighted by Gasteiger charge is -2.25. The van der Waals surface area contributed by atoms with Crippen LogP contribution in [0.15, 0.2) is 24.7 Å². The first-order valence-corrected chi connectivity index (χ1v) is 9.08. The molecule has 14 heteroatoms. The van der Waals surface area contributed by atoms with Gasteiger partial charge in [0.2, 0.25) is 5.91 Å². The molecule has 3 aromatic rings. The van der Waals surface area contributed by atoms with Crippen molar-refractivity contribution < 1.29 is 35.5 Å². The molecule has 3 aromatic heterocycles. The van der Waals surface area contributed by atoms with Gasteiger partial charge in [-0.15, -0.1) is 0 Å². The van der Waals surface area contributed by atoms with Gasteiger partial charge in [-0.05, 0) is 6.07 Å². The lowest BCUT2D eigenvalue weighted by atomic mass is 10.1. The number of hydrogen-bond acceptors (Lipinski definition) is 5. The van der Waals surface area contributed by atoms with Crippen LogP contribution in [0.5, 0.6) is 0 Å². The second-order valence-corrected chi connectivity index (χ2v) is 7.15. The summed E-state index contributed by atoms with van der Waals surface area (Å²) < 4.78 is 93.4. The number of amides is 1. The van der Waals surface area contributed by atoms with E-state index in [0.29, 0.717) is 11.1 Å². The fourth-order valence-electron chi connectivity index (χ4n) is 3.43. The van der Waals surface area contributed by atoms with Crippen molar-refractivity contribution >= 4 is 22.8 Å². The van der Waals surface area contributed by atoms with Crippen LogP contribution >= 0.6 is 0 Å². The van der Waals surface area contributed by atoms with Gasteiger partial charge in [0.15, 0.2) is 17.5 Å². The van der Waals surface area contributed by atoms with Gasteiger partial charge < -0.3 is 15.2 Å². The molecule has 4 heterocycles. The lowest BCUT2D eigenvalue weighted by Crippen LogP contribution is -2.46. The number of nitrogens with zero attached hydrogens (tertiary/aromatic N) is 4. The molecule has 1 fully saturated rings. The molecule has 2 N–H and O–H groups in total. The highest BCUT2D eigenvalue weighted by Gasteiger charge is 2.49. The first-order chi connectivity index (χ1) is 14.9. The summed E-state index contributed by atoms with van der Waals surface area (Å²) in [4.78, 5) is 27.1. The van der Waals surface area contributed by atoms with Gasteiger partial charge >= 0.3 is 6.18 Å². The molecule has 1 atom stereocenters. The summed E-state index contributed by atoms with van der Waals surface area (Å²) >= 11 is 0. The number of nitrogens with one attached hydrogen (secondary N) is 2. The molecular weight excluding hydrogens is 449 g/mol. The van der Waals surface area contributed by atoms with Crippen LogP contribution in [0.3, 0.4) is 0 Å². The van der Waals surface area contributed by atoms with Crippen LogP contribution in [0, 0.1) is 11.6 Å². The van der Waals surface area contributed by atoms with Crippen molar-refractivity contribution in [2.24, 2.45) is 0 Å². The summed E-state index contributed by atoms with van der Waals surface area (Å²) in [5.74, 6) is -7.56. The number of H-pyrrole nitrogens is 1. The number of halogens is 7. The molecule has 1 amide bonds. The predicted octanol–water partition coefficient (Wildman–Crippen LogP) is 3.19. The zero-order valence-corrected chi connectivity index (χ0v) is 15.9. The zero-order chi connectivity index (χ0) is 23.3. The van der Waals surface area contributed by atoms with Crippen LogP contribution in [-0.2, 0) is 4.79 Å². The second kappa shape index (κ2) is 7.60. The smallest absolute Gasteiger partial charge is 0.345 e. The summed E-state index contributed by atoms with van der Waals surface area (Å²) in [5, 5.41) is 1.76. The van der Waals surface area contributed by atoms with Gasteiger partial charge in [0.25, 0.3) is 5.92 Å². The Hall–Kier alpha value is -3.45. The number of alkyl halides is 5. The van der Waals surface area contributed by atoms with Crippen molar-refractivity contribution in [3.63, 3.8) is 0 Å². The third-order valence-corrected chi connectivity index (χ3v) is 4.77. The molecule has 0 bridgehead atoms. The summed E-state index contributed by atoms with van der Waals surface area (Å²) in [6.07, 6.45) is -2.91. The number of carbonyl (C=O) groups is 1. The van der Waals surface area contributed by atoms with Crippen molar-refractivity contribution in [3.8, 4) is 11.4 Å². The molecule has 1 saturated heterocycles. The number of rotatable bonds is 4. The molecule has 0 radical (unpaired) electrons. The normalized spacial score (nSPS) is 18.3. The van der Waals surface area contributed by atoms with E-state index in [-0.39, 0.29) is 22.4 Å². The van der Waals surface area contributed by atoms with Gasteiger partial charge in [-0.25, -0.2) is 32.5 Å². The molecule has 4 rings (SSSR count). The van der Waals surface area contributed by atoms with Crippen LogP contribution in [0.1, 0.15) is 6.42 Å². The number of aromatic amines is 1. The standard InChI is InChI=1S/C18H13F7N6O/c19-8-1-9-10(4-27-13(9)26-3-8)14-28-5-11(20)15(30-14)31-7-17(21,22)2-12(31)16(32)29-6-18(23,24)25/h1,3-5,12H,2,6-7H2,(H,26,27)(H,29,32)/t12-/m1/s1. The zero-order valence-electron chi connectivity index (χ0n) is 15.9. The van der Waals surface area contributed by atoms with Gasteiger partial charge in [0.05, 0.1) is 18.9 Å². The summed E-state index contributed by atoms with van der Waals surface area (Å²) in [5.41, 5.74) is 0.435. The third-order valence-electron chi connectivity index (χ3n) is 4.77. The topological polar surface area (TPSA) is 86.8 Å². The van der Waals surface area contributed by atoms with Crippen LogP contribution in [0.4, 0.5) is 36.6 Å². The number of pyridine rings is 1. The molecule has 32 heavy (non-hydrogen) atoms. The predicted molar refractivity (Wildman–Crippen MR) is 96.8 cm³/mol. The molecule has 1 aliphatic heterocycles. The maximum atomic E-state index is 14.5. The molecule has 0 saturated carbocycles. The number of anilines is 1. The highest BCUT2D eigenvalue weighted by molar-refractivity contribution is 5.92. The van der Waals surface area contributed by atoms with Gasteiger partial charge in [-0.1, -0.05) is 0 Å². The Balaban J connectivity index is 1.71. The molecule has 1 aliphatic rings. The largest absolute Gasteiger partial charge is 0.405 e. The highest BCUT2D eigenvalue weighted by atomic mass is 19.4. The van der Waals surface area contributed by atoms with E-state index in [9.17, 15) is 35.5 Å². The maximum Gasteiger partial charge on any atom is 0.405 e. The van der Waals surface area contributed by atoms with Crippen molar-refractivity contribution in [3.05, 3.63) is 36.3 Å². The maximum absolute atomic E-state index is 14.5. The Bertz CT molecular complexity index is 1180. The number of fused-ring (bicyclic) bond motifs is 1. The first-order valence-electron chi connectivity index (χ1n) is 9.08. The molecule has 170 valence electrons. The Morgan fingerprint density at radius 1 is 1.25 bits per heavy atom. The molecule has 0 aliphatic carbocycles. The molecule has 0 aromatic carbocycles. The number of aromatic nitrogens is 4. The Kier molecular flexibility index (Phi) is 5.17. The first kappa shape index (κ1) is 21.8. The number of hydrogen-bond donors (Lipinski definition) is 2. The van der Waals surface area contributed by atoms with Gasteiger partial charge in [-0.2, -0.15) is 13.2 Å². The molecule has 0 unspecified atom stereocenters. The minimum atomic E-state index is -4.76. The third kappa shape index (κ3) is 4.29. The van der Waals surface area contributed by atoms with E-state index in [4.69, 9.17) is 0 Å². The van der Waals surface area contributed by atoms with Crippen molar-refractivity contribution in [1.82, 2.24) is 25.3 Å². The van der Waals surface area contributed by atoms with E-state index < -0.39 is 61.0 Å². The van der Waals surface area contributed by atoms with Crippen LogP contribution in [0.25, 0.3) is 22.4 Å². The van der Waals surface area contributed by atoms with Crippen LogP contribution < -0.4 is 10.2 Å². The summed E-state index contributed by atoms with van der Waals surface area (Å²) in [7, 11) is 0. The van der Waals surface area contributed by atoms with E-state index in [2.05, 4.69) is 19.9 Å². The van der Waals surface area contributed by atoms with E-state index in [1.807, 2.05) is 0 Å². The van der Waals surface area contributed by atoms with E-state index in [1.165, 1.54) is 11.5 Å². The Morgan fingerprint density at radius 3 is 2.72 bits per heavy atom. The lowest BCUT2D eigenvalue weighted by molar-refractivity contribution is -0.139. The minimum absolute atomic E-state index is 0.178. The SMILES string of the molecule is O=C(NCC(F)(F)F)[C@H]1CC(F)(F)CN1c1nc(-c2c[nH]c3ncc(F)cc23)ncc1F. The fraction of sp³-hybridized carbons (Fsp3) is 0.333. The van der Waals surface area contributed by atoms with E-state index in [1.54, 1.807) is 0 Å². The van der Waals surface area contributed by atoms with Gasteiger partial charge in [-0.3, -0.25) is 4.79 Å². The van der Waals surface area contributed by atoms with Crippen LogP contribution in [-0.4, -0.2) is 57.1 Å². The highest BCUT2D eigenvalue weighted by Crippen LogP contribution is 2.37. The fourth-order valence-corrected chi connectivity index (χ4v) is 3.43. The van der Waals surface area contributed by atoms with Crippen molar-refractivity contribution in [2.45, 2.75) is 24.6 Å². The van der Waals surface area contributed by atoms with E-state index >= 15 is 0 Å². The molecule has 0 spiro atoms. The van der Waals surface area contributed by atoms with E-state index in [0.717, 1.165) is 12.3 Å². The van der Waals surface area contributed by atoms with Gasteiger partial charge in [0, 0.05) is 23.6 Å².